The smallest absolute Gasteiger partial charge is 0.138 e. The molecule has 1 aliphatic heterocycles. The monoisotopic (exact) mass is 263 g/mol. The molecule has 0 spiro atoms. The van der Waals surface area contributed by atoms with Gasteiger partial charge in [0.2, 0.25) is 0 Å². The number of nitrogens with one attached hydrogen (secondary N) is 1. The fourth-order valence-electron chi connectivity index (χ4n) is 3.27. The summed E-state index contributed by atoms with van der Waals surface area (Å²) >= 11 is 0. The topological polar surface area (TPSA) is 41.3 Å². The van der Waals surface area contributed by atoms with Crippen molar-refractivity contribution in [1.29, 1.82) is 0 Å². The van der Waals surface area contributed by atoms with E-state index in [2.05, 4.69) is 22.3 Å². The summed E-state index contributed by atoms with van der Waals surface area (Å²) in [7, 11) is 0. The second-order valence-corrected chi connectivity index (χ2v) is 6.25. The lowest BCUT2D eigenvalue weighted by molar-refractivity contribution is 0.248. The van der Waals surface area contributed by atoms with Crippen LogP contribution < -0.4 is 5.32 Å². The Morgan fingerprint density at radius 1 is 1.37 bits per heavy atom. The van der Waals surface area contributed by atoms with Crippen LogP contribution in [0.4, 0.5) is 0 Å². The molecule has 2 aliphatic rings. The molecule has 1 aromatic rings. The number of rotatable bonds is 5. The van der Waals surface area contributed by atoms with Gasteiger partial charge in [0, 0.05) is 24.2 Å². The summed E-state index contributed by atoms with van der Waals surface area (Å²) < 4.78 is 5.30. The van der Waals surface area contributed by atoms with Crippen molar-refractivity contribution in [1.82, 2.24) is 15.4 Å². The van der Waals surface area contributed by atoms with Gasteiger partial charge in [-0.05, 0) is 59.0 Å². The molecule has 1 aliphatic carbocycles. The summed E-state index contributed by atoms with van der Waals surface area (Å²) in [4.78, 5) is 2.58. The highest BCUT2D eigenvalue weighted by Crippen LogP contribution is 2.31. The van der Waals surface area contributed by atoms with Crippen LogP contribution >= 0.6 is 0 Å². The Morgan fingerprint density at radius 3 is 2.79 bits per heavy atom. The number of nitrogens with zero attached hydrogens (tertiary/aromatic N) is 2. The van der Waals surface area contributed by atoms with E-state index in [0.29, 0.717) is 6.04 Å². The second kappa shape index (κ2) is 5.25. The van der Waals surface area contributed by atoms with E-state index in [9.17, 15) is 0 Å². The Labute approximate surface area is 115 Å². The van der Waals surface area contributed by atoms with Gasteiger partial charge in [0.1, 0.15) is 5.76 Å². The van der Waals surface area contributed by atoms with Crippen molar-refractivity contribution < 1.29 is 4.52 Å². The Balaban J connectivity index is 1.57. The van der Waals surface area contributed by atoms with Crippen LogP contribution in [0.3, 0.4) is 0 Å². The zero-order valence-corrected chi connectivity index (χ0v) is 12.3. The first kappa shape index (κ1) is 13.1. The predicted molar refractivity (Wildman–Crippen MR) is 75.1 cm³/mol. The number of aryl methyl sites for hydroxylation is 2. The summed E-state index contributed by atoms with van der Waals surface area (Å²) in [5.41, 5.74) is 2.33. The minimum atomic E-state index is 0.428. The lowest BCUT2D eigenvalue weighted by Gasteiger charge is -2.24. The molecule has 1 saturated carbocycles. The third-order valence-electron chi connectivity index (χ3n) is 4.64. The van der Waals surface area contributed by atoms with Gasteiger partial charge in [-0.1, -0.05) is 5.16 Å². The molecular formula is C15H25N3O. The van der Waals surface area contributed by atoms with Crippen molar-refractivity contribution >= 4 is 0 Å². The van der Waals surface area contributed by atoms with E-state index in [-0.39, 0.29) is 0 Å². The number of hydrogen-bond donors (Lipinski definition) is 1. The Kier molecular flexibility index (Phi) is 3.63. The van der Waals surface area contributed by atoms with Crippen LogP contribution in [0.2, 0.25) is 0 Å². The van der Waals surface area contributed by atoms with Crippen molar-refractivity contribution in [2.45, 2.75) is 52.1 Å². The average Bonchev–Trinajstić information content (AvgIpc) is 3.00. The maximum atomic E-state index is 5.30. The molecule has 4 heteroatoms. The summed E-state index contributed by atoms with van der Waals surface area (Å²) in [6, 6.07) is 1.26. The molecule has 2 unspecified atom stereocenters. The summed E-state index contributed by atoms with van der Waals surface area (Å²) in [5.74, 6) is 1.79. The van der Waals surface area contributed by atoms with Gasteiger partial charge in [-0.3, -0.25) is 4.90 Å². The van der Waals surface area contributed by atoms with E-state index in [0.717, 1.165) is 23.4 Å². The first-order valence-electron chi connectivity index (χ1n) is 7.55. The SMILES string of the molecule is Cc1noc(C)c1C(C)N1CCC(CNC2CC2)C1. The molecule has 0 radical (unpaired) electrons. The molecule has 2 fully saturated rings. The number of hydrogen-bond acceptors (Lipinski definition) is 4. The van der Waals surface area contributed by atoms with Crippen LogP contribution in [-0.4, -0.2) is 35.7 Å². The molecule has 4 nitrogen and oxygen atoms in total. The van der Waals surface area contributed by atoms with Crippen LogP contribution in [0.25, 0.3) is 0 Å². The van der Waals surface area contributed by atoms with Gasteiger partial charge in [0.15, 0.2) is 0 Å². The standard InChI is InChI=1S/C15H25N3O/c1-10-15(12(3)19-17-10)11(2)18-7-6-13(9-18)8-16-14-4-5-14/h11,13-14,16H,4-9H2,1-3H3. The molecule has 0 bridgehead atoms. The van der Waals surface area contributed by atoms with Crippen molar-refractivity contribution in [3.05, 3.63) is 17.0 Å². The summed E-state index contributed by atoms with van der Waals surface area (Å²) in [5, 5.41) is 7.74. The lowest BCUT2D eigenvalue weighted by atomic mass is 10.1. The van der Waals surface area contributed by atoms with Crippen molar-refractivity contribution in [3.8, 4) is 0 Å². The highest BCUT2D eigenvalue weighted by atomic mass is 16.5. The van der Waals surface area contributed by atoms with Crippen LogP contribution in [0, 0.1) is 19.8 Å². The largest absolute Gasteiger partial charge is 0.361 e. The second-order valence-electron chi connectivity index (χ2n) is 6.25. The zero-order chi connectivity index (χ0) is 13.4. The minimum absolute atomic E-state index is 0.428. The van der Waals surface area contributed by atoms with Gasteiger partial charge in [0.25, 0.3) is 0 Å². The fraction of sp³-hybridized carbons (Fsp3) is 0.800. The normalized spacial score (nSPS) is 25.9. The fourth-order valence-corrected chi connectivity index (χ4v) is 3.27. The maximum Gasteiger partial charge on any atom is 0.138 e. The minimum Gasteiger partial charge on any atom is -0.361 e. The van der Waals surface area contributed by atoms with Crippen LogP contribution in [0.1, 0.15) is 49.2 Å². The molecule has 106 valence electrons. The summed E-state index contributed by atoms with van der Waals surface area (Å²) in [6.07, 6.45) is 4.07. The lowest BCUT2D eigenvalue weighted by Crippen LogP contribution is -2.29. The Hall–Kier alpha value is -0.870. The molecule has 19 heavy (non-hydrogen) atoms. The van der Waals surface area contributed by atoms with Crippen LogP contribution in [0.5, 0.6) is 0 Å². The van der Waals surface area contributed by atoms with Crippen molar-refractivity contribution in [3.63, 3.8) is 0 Å². The molecule has 0 aromatic carbocycles. The van der Waals surface area contributed by atoms with Gasteiger partial charge < -0.3 is 9.84 Å². The van der Waals surface area contributed by atoms with E-state index >= 15 is 0 Å². The predicted octanol–water partition coefficient (Wildman–Crippen LogP) is 2.43. The number of aromatic nitrogens is 1. The average molecular weight is 263 g/mol. The van der Waals surface area contributed by atoms with Crippen molar-refractivity contribution in [2.75, 3.05) is 19.6 Å². The van der Waals surface area contributed by atoms with E-state index < -0.39 is 0 Å². The number of likely N-dealkylation sites (tertiary alicyclic amines) is 1. The van der Waals surface area contributed by atoms with Gasteiger partial charge in [-0.25, -0.2) is 0 Å². The quantitative estimate of drug-likeness (QED) is 0.886. The van der Waals surface area contributed by atoms with Crippen molar-refractivity contribution in [2.24, 2.45) is 5.92 Å². The van der Waals surface area contributed by atoms with Gasteiger partial charge in [0.05, 0.1) is 5.69 Å². The van der Waals surface area contributed by atoms with E-state index in [1.54, 1.807) is 0 Å². The third-order valence-corrected chi connectivity index (χ3v) is 4.64. The Bertz CT molecular complexity index is 419. The van der Waals surface area contributed by atoms with Gasteiger partial charge in [-0.2, -0.15) is 0 Å². The molecule has 1 saturated heterocycles. The molecular weight excluding hydrogens is 238 g/mol. The van der Waals surface area contributed by atoms with Gasteiger partial charge in [-0.15, -0.1) is 0 Å². The summed E-state index contributed by atoms with van der Waals surface area (Å²) in [6.45, 7) is 9.93. The van der Waals surface area contributed by atoms with Gasteiger partial charge >= 0.3 is 0 Å². The molecule has 1 N–H and O–H groups in total. The van der Waals surface area contributed by atoms with E-state index in [4.69, 9.17) is 4.52 Å². The maximum absolute atomic E-state index is 5.30. The first-order valence-corrected chi connectivity index (χ1v) is 7.55. The first-order chi connectivity index (χ1) is 9.15. The zero-order valence-electron chi connectivity index (χ0n) is 12.3. The van der Waals surface area contributed by atoms with E-state index in [1.165, 1.54) is 44.5 Å². The molecule has 3 rings (SSSR count). The molecule has 0 amide bonds. The van der Waals surface area contributed by atoms with E-state index in [1.807, 2.05) is 13.8 Å². The molecule has 1 aromatic heterocycles. The molecule has 2 atom stereocenters. The van der Waals surface area contributed by atoms with Crippen LogP contribution in [-0.2, 0) is 0 Å². The third kappa shape index (κ3) is 2.84. The Morgan fingerprint density at radius 2 is 2.16 bits per heavy atom. The highest BCUT2D eigenvalue weighted by Gasteiger charge is 2.30. The van der Waals surface area contributed by atoms with Crippen LogP contribution in [0.15, 0.2) is 4.52 Å². The highest BCUT2D eigenvalue weighted by molar-refractivity contribution is 5.24. The molecule has 2 heterocycles.